The Morgan fingerprint density at radius 2 is 1.93 bits per heavy atom. The summed E-state index contributed by atoms with van der Waals surface area (Å²) in [7, 11) is 2.17. The van der Waals surface area contributed by atoms with E-state index in [0.29, 0.717) is 18.0 Å². The minimum absolute atomic E-state index is 0.364. The molecule has 1 saturated heterocycles. The van der Waals surface area contributed by atoms with Crippen molar-refractivity contribution in [2.45, 2.75) is 60.0 Å². The van der Waals surface area contributed by atoms with E-state index in [4.69, 9.17) is 4.99 Å². The number of pyridine rings is 1. The molecule has 0 radical (unpaired) electrons. The number of aromatic nitrogens is 1. The van der Waals surface area contributed by atoms with Gasteiger partial charge in [0.1, 0.15) is 5.82 Å². The van der Waals surface area contributed by atoms with E-state index in [1.54, 1.807) is 0 Å². The van der Waals surface area contributed by atoms with Gasteiger partial charge in [-0.25, -0.2) is 9.98 Å². The molecule has 1 aromatic heterocycles. The van der Waals surface area contributed by atoms with E-state index < -0.39 is 0 Å². The van der Waals surface area contributed by atoms with Gasteiger partial charge in [-0.15, -0.1) is 0 Å². The summed E-state index contributed by atoms with van der Waals surface area (Å²) in [6.07, 6.45) is 4.29. The van der Waals surface area contributed by atoms with E-state index in [1.165, 1.54) is 6.42 Å². The summed E-state index contributed by atoms with van der Waals surface area (Å²) >= 11 is 0. The Hall–Kier alpha value is -1.82. The molecule has 28 heavy (non-hydrogen) atoms. The van der Waals surface area contributed by atoms with Gasteiger partial charge < -0.3 is 20.4 Å². The van der Waals surface area contributed by atoms with Crippen LogP contribution >= 0.6 is 0 Å². The SMILES string of the molecule is CCNC(=NCc1ccc(N2CCN(C)CC2)nc1)NC(C)CCC(C)(C)C. The molecule has 0 saturated carbocycles. The van der Waals surface area contributed by atoms with Crippen molar-refractivity contribution in [3.05, 3.63) is 23.9 Å². The zero-order chi connectivity index (χ0) is 20.6. The molecule has 2 rings (SSSR count). The molecule has 1 fully saturated rings. The molecule has 0 aliphatic carbocycles. The number of rotatable bonds is 7. The van der Waals surface area contributed by atoms with E-state index in [1.807, 2.05) is 6.20 Å². The van der Waals surface area contributed by atoms with E-state index >= 15 is 0 Å². The number of guanidine groups is 1. The first kappa shape index (κ1) is 22.5. The van der Waals surface area contributed by atoms with Crippen LogP contribution < -0.4 is 15.5 Å². The first-order valence-electron chi connectivity index (χ1n) is 10.7. The van der Waals surface area contributed by atoms with E-state index in [0.717, 1.165) is 56.5 Å². The molecule has 0 amide bonds. The second-order valence-electron chi connectivity index (χ2n) is 9.15. The van der Waals surface area contributed by atoms with Gasteiger partial charge in [0.2, 0.25) is 0 Å². The molecule has 1 aliphatic rings. The van der Waals surface area contributed by atoms with Crippen LogP contribution in [0.25, 0.3) is 0 Å². The predicted molar refractivity (Wildman–Crippen MR) is 120 cm³/mol. The smallest absolute Gasteiger partial charge is 0.191 e. The van der Waals surface area contributed by atoms with Crippen molar-refractivity contribution in [3.8, 4) is 0 Å². The Balaban J connectivity index is 1.89. The van der Waals surface area contributed by atoms with Crippen LogP contribution in [0.2, 0.25) is 0 Å². The fraction of sp³-hybridized carbons (Fsp3) is 0.727. The molecular weight excluding hydrogens is 348 g/mol. The maximum atomic E-state index is 4.75. The van der Waals surface area contributed by atoms with Gasteiger partial charge in [-0.2, -0.15) is 0 Å². The maximum Gasteiger partial charge on any atom is 0.191 e. The lowest BCUT2D eigenvalue weighted by atomic mass is 9.89. The maximum absolute atomic E-state index is 4.75. The van der Waals surface area contributed by atoms with Crippen LogP contribution in [0.5, 0.6) is 0 Å². The molecule has 1 unspecified atom stereocenters. The van der Waals surface area contributed by atoms with Crippen molar-refractivity contribution in [1.29, 1.82) is 0 Å². The first-order valence-corrected chi connectivity index (χ1v) is 10.7. The van der Waals surface area contributed by atoms with Crippen molar-refractivity contribution < 1.29 is 0 Å². The highest BCUT2D eigenvalue weighted by molar-refractivity contribution is 5.80. The summed E-state index contributed by atoms with van der Waals surface area (Å²) in [4.78, 5) is 14.1. The van der Waals surface area contributed by atoms with Gasteiger partial charge in [-0.3, -0.25) is 0 Å². The summed E-state index contributed by atoms with van der Waals surface area (Å²) in [5.74, 6) is 1.95. The van der Waals surface area contributed by atoms with Gasteiger partial charge in [-0.1, -0.05) is 26.8 Å². The van der Waals surface area contributed by atoms with Crippen LogP contribution in [0.3, 0.4) is 0 Å². The highest BCUT2D eigenvalue weighted by Crippen LogP contribution is 2.21. The molecule has 2 N–H and O–H groups in total. The summed E-state index contributed by atoms with van der Waals surface area (Å²) in [6.45, 7) is 17.0. The lowest BCUT2D eigenvalue weighted by molar-refractivity contribution is 0.312. The second kappa shape index (κ2) is 10.6. The zero-order valence-electron chi connectivity index (χ0n) is 18.8. The number of hydrogen-bond acceptors (Lipinski definition) is 4. The topological polar surface area (TPSA) is 55.8 Å². The molecule has 158 valence electrons. The minimum atomic E-state index is 0.364. The summed E-state index contributed by atoms with van der Waals surface area (Å²) in [5.41, 5.74) is 1.50. The van der Waals surface area contributed by atoms with Gasteiger partial charge in [-0.05, 0) is 50.8 Å². The van der Waals surface area contributed by atoms with Crippen molar-refractivity contribution in [1.82, 2.24) is 20.5 Å². The van der Waals surface area contributed by atoms with Crippen LogP contribution in [-0.2, 0) is 6.54 Å². The molecule has 6 nitrogen and oxygen atoms in total. The Morgan fingerprint density at radius 3 is 2.50 bits per heavy atom. The lowest BCUT2D eigenvalue weighted by Gasteiger charge is -2.33. The largest absolute Gasteiger partial charge is 0.357 e. The van der Waals surface area contributed by atoms with Gasteiger partial charge >= 0.3 is 0 Å². The van der Waals surface area contributed by atoms with Crippen LogP contribution in [0, 0.1) is 5.41 Å². The van der Waals surface area contributed by atoms with Gasteiger partial charge in [0.05, 0.1) is 6.54 Å². The number of hydrogen-bond donors (Lipinski definition) is 2. The van der Waals surface area contributed by atoms with Gasteiger partial charge in [0, 0.05) is 45.0 Å². The van der Waals surface area contributed by atoms with Crippen molar-refractivity contribution in [2.75, 3.05) is 44.7 Å². The molecule has 6 heteroatoms. The Labute approximate surface area is 171 Å². The summed E-state index contributed by atoms with van der Waals surface area (Å²) in [5, 5.41) is 6.89. The van der Waals surface area contributed by atoms with Crippen LogP contribution in [-0.4, -0.2) is 61.7 Å². The molecule has 0 aromatic carbocycles. The third-order valence-electron chi connectivity index (χ3n) is 5.11. The number of aliphatic imine (C=N–C) groups is 1. The third kappa shape index (κ3) is 8.05. The quantitative estimate of drug-likeness (QED) is 0.555. The molecule has 2 heterocycles. The third-order valence-corrected chi connectivity index (χ3v) is 5.11. The predicted octanol–water partition coefficient (Wildman–Crippen LogP) is 3.10. The average Bonchev–Trinajstić information content (AvgIpc) is 2.65. The fourth-order valence-corrected chi connectivity index (χ4v) is 3.18. The molecule has 1 aromatic rings. The van der Waals surface area contributed by atoms with Crippen LogP contribution in [0.1, 0.15) is 53.0 Å². The fourth-order valence-electron chi connectivity index (χ4n) is 3.18. The zero-order valence-corrected chi connectivity index (χ0v) is 18.8. The molecule has 0 spiro atoms. The first-order chi connectivity index (χ1) is 13.3. The van der Waals surface area contributed by atoms with Crippen LogP contribution in [0.4, 0.5) is 5.82 Å². The molecular formula is C22H40N6. The Morgan fingerprint density at radius 1 is 1.21 bits per heavy atom. The number of nitrogens with one attached hydrogen (secondary N) is 2. The van der Waals surface area contributed by atoms with Crippen molar-refractivity contribution in [3.63, 3.8) is 0 Å². The summed E-state index contributed by atoms with van der Waals surface area (Å²) in [6, 6.07) is 4.67. The summed E-state index contributed by atoms with van der Waals surface area (Å²) < 4.78 is 0. The average molecular weight is 389 g/mol. The second-order valence-corrected chi connectivity index (χ2v) is 9.15. The number of nitrogens with zero attached hydrogens (tertiary/aromatic N) is 4. The van der Waals surface area contributed by atoms with Gasteiger partial charge in [0.25, 0.3) is 0 Å². The lowest BCUT2D eigenvalue weighted by Crippen LogP contribution is -2.44. The highest BCUT2D eigenvalue weighted by atomic mass is 15.3. The molecule has 0 bridgehead atoms. The standard InChI is InChI=1S/C22H40N6/c1-7-23-21(26-18(2)10-11-22(3,4)5)25-17-19-8-9-20(24-16-19)28-14-12-27(6)13-15-28/h8-9,16,18H,7,10-15,17H2,1-6H3,(H2,23,25,26). The van der Waals surface area contributed by atoms with Crippen molar-refractivity contribution >= 4 is 11.8 Å². The highest BCUT2D eigenvalue weighted by Gasteiger charge is 2.15. The minimum Gasteiger partial charge on any atom is -0.357 e. The monoisotopic (exact) mass is 388 g/mol. The normalized spacial score (nSPS) is 17.5. The van der Waals surface area contributed by atoms with E-state index in [2.05, 4.69) is 79.2 Å². The number of piperazine rings is 1. The molecule has 1 aliphatic heterocycles. The van der Waals surface area contributed by atoms with Crippen LogP contribution in [0.15, 0.2) is 23.3 Å². The Bertz CT molecular complexity index is 596. The molecule has 1 atom stereocenters. The van der Waals surface area contributed by atoms with E-state index in [-0.39, 0.29) is 0 Å². The Kier molecular flexibility index (Phi) is 8.55. The van der Waals surface area contributed by atoms with Crippen molar-refractivity contribution in [2.24, 2.45) is 10.4 Å². The number of likely N-dealkylation sites (N-methyl/N-ethyl adjacent to an activating group) is 1. The number of anilines is 1. The van der Waals surface area contributed by atoms with Gasteiger partial charge in [0.15, 0.2) is 5.96 Å². The van der Waals surface area contributed by atoms with E-state index in [9.17, 15) is 0 Å².